The van der Waals surface area contributed by atoms with Crippen molar-refractivity contribution in [2.75, 3.05) is 25.0 Å². The summed E-state index contributed by atoms with van der Waals surface area (Å²) in [4.78, 5) is 11.0. The van der Waals surface area contributed by atoms with Crippen LogP contribution in [0.15, 0.2) is 12.5 Å². The highest BCUT2D eigenvalue weighted by molar-refractivity contribution is 5.86. The topological polar surface area (TPSA) is 58.9 Å². The van der Waals surface area contributed by atoms with Gasteiger partial charge in [-0.2, -0.15) is 5.10 Å². The van der Waals surface area contributed by atoms with Gasteiger partial charge in [-0.25, -0.2) is 9.97 Å². The van der Waals surface area contributed by atoms with E-state index in [4.69, 9.17) is 0 Å². The lowest BCUT2D eigenvalue weighted by Crippen LogP contribution is -2.44. The summed E-state index contributed by atoms with van der Waals surface area (Å²) in [6, 6.07) is 0.497. The number of nitrogens with zero attached hydrogens (tertiary/aromatic N) is 5. The molecule has 1 atom stereocenters. The zero-order valence-electron chi connectivity index (χ0n) is 10.8. The van der Waals surface area contributed by atoms with Crippen LogP contribution in [-0.4, -0.2) is 45.9 Å². The Morgan fingerprint density at radius 1 is 1.44 bits per heavy atom. The summed E-state index contributed by atoms with van der Waals surface area (Å²) < 4.78 is 1.79. The van der Waals surface area contributed by atoms with Gasteiger partial charge in [-0.05, 0) is 19.4 Å². The molecule has 0 aliphatic carbocycles. The number of aromatic nitrogens is 4. The number of fused-ring (bicyclic) bond motifs is 1. The van der Waals surface area contributed by atoms with Gasteiger partial charge in [-0.15, -0.1) is 0 Å². The molecule has 6 heteroatoms. The highest BCUT2D eigenvalue weighted by Crippen LogP contribution is 2.24. The Morgan fingerprint density at radius 2 is 2.33 bits per heavy atom. The lowest BCUT2D eigenvalue weighted by Gasteiger charge is -2.32. The van der Waals surface area contributed by atoms with Gasteiger partial charge in [0.25, 0.3) is 0 Å². The van der Waals surface area contributed by atoms with Crippen LogP contribution < -0.4 is 10.2 Å². The van der Waals surface area contributed by atoms with E-state index in [9.17, 15) is 0 Å². The molecule has 0 saturated carbocycles. The highest BCUT2D eigenvalue weighted by atomic mass is 15.3. The zero-order chi connectivity index (χ0) is 12.5. The summed E-state index contributed by atoms with van der Waals surface area (Å²) in [6.45, 7) is 2.14. The minimum atomic E-state index is 0.497. The number of piperidine rings is 1. The van der Waals surface area contributed by atoms with Crippen molar-refractivity contribution in [1.82, 2.24) is 25.1 Å². The van der Waals surface area contributed by atoms with Gasteiger partial charge >= 0.3 is 0 Å². The van der Waals surface area contributed by atoms with Crippen molar-refractivity contribution >= 4 is 16.9 Å². The third-order valence-electron chi connectivity index (χ3n) is 3.66. The summed E-state index contributed by atoms with van der Waals surface area (Å²) in [5.74, 6) is 0.974. The third kappa shape index (κ3) is 1.82. The Bertz CT molecular complexity index is 542. The molecule has 3 heterocycles. The largest absolute Gasteiger partial charge is 0.355 e. The van der Waals surface area contributed by atoms with E-state index in [1.165, 1.54) is 12.8 Å². The number of aryl methyl sites for hydroxylation is 1. The van der Waals surface area contributed by atoms with E-state index in [2.05, 4.69) is 32.3 Å². The molecule has 1 saturated heterocycles. The number of anilines is 1. The maximum absolute atomic E-state index is 4.43. The van der Waals surface area contributed by atoms with E-state index in [0.29, 0.717) is 6.04 Å². The molecule has 1 N–H and O–H groups in total. The van der Waals surface area contributed by atoms with Crippen LogP contribution in [0.3, 0.4) is 0 Å². The Hall–Kier alpha value is -1.69. The molecule has 1 fully saturated rings. The average molecular weight is 246 g/mol. The van der Waals surface area contributed by atoms with Crippen LogP contribution >= 0.6 is 0 Å². The number of rotatable bonds is 2. The maximum Gasteiger partial charge on any atom is 0.163 e. The molecule has 0 aromatic carbocycles. The second kappa shape index (κ2) is 4.53. The fourth-order valence-corrected chi connectivity index (χ4v) is 2.57. The predicted molar refractivity (Wildman–Crippen MR) is 70.6 cm³/mol. The van der Waals surface area contributed by atoms with Crippen LogP contribution in [0.2, 0.25) is 0 Å². The van der Waals surface area contributed by atoms with Crippen molar-refractivity contribution < 1.29 is 0 Å². The van der Waals surface area contributed by atoms with Gasteiger partial charge in [0.1, 0.15) is 12.1 Å². The monoisotopic (exact) mass is 246 g/mol. The van der Waals surface area contributed by atoms with Gasteiger partial charge in [0, 0.05) is 26.7 Å². The predicted octanol–water partition coefficient (Wildman–Crippen LogP) is 0.551. The minimum Gasteiger partial charge on any atom is -0.355 e. The summed E-state index contributed by atoms with van der Waals surface area (Å²) in [5, 5.41) is 8.71. The van der Waals surface area contributed by atoms with E-state index < -0.39 is 0 Å². The molecule has 1 aliphatic rings. The van der Waals surface area contributed by atoms with Gasteiger partial charge in [-0.1, -0.05) is 0 Å². The van der Waals surface area contributed by atoms with Crippen molar-refractivity contribution in [2.45, 2.75) is 18.9 Å². The maximum atomic E-state index is 4.43. The van der Waals surface area contributed by atoms with E-state index in [1.807, 2.05) is 13.2 Å². The molecule has 0 bridgehead atoms. The van der Waals surface area contributed by atoms with Crippen molar-refractivity contribution in [3.63, 3.8) is 0 Å². The van der Waals surface area contributed by atoms with Gasteiger partial charge in [0.15, 0.2) is 5.65 Å². The second-order valence-corrected chi connectivity index (χ2v) is 4.81. The first-order chi connectivity index (χ1) is 8.77. The first kappa shape index (κ1) is 11.4. The molecule has 18 heavy (non-hydrogen) atoms. The van der Waals surface area contributed by atoms with Crippen molar-refractivity contribution in [3.05, 3.63) is 12.5 Å². The molecule has 6 nitrogen and oxygen atoms in total. The summed E-state index contributed by atoms with van der Waals surface area (Å²) in [6.07, 6.45) is 5.88. The molecular weight excluding hydrogens is 228 g/mol. The quantitative estimate of drug-likeness (QED) is 0.838. The Balaban J connectivity index is 1.97. The number of nitrogens with one attached hydrogen (secondary N) is 1. The smallest absolute Gasteiger partial charge is 0.163 e. The van der Waals surface area contributed by atoms with Crippen LogP contribution in [0.4, 0.5) is 5.82 Å². The summed E-state index contributed by atoms with van der Waals surface area (Å²) in [7, 11) is 4.01. The molecule has 2 aromatic rings. The molecule has 0 amide bonds. The lowest BCUT2D eigenvalue weighted by molar-refractivity contribution is 0.444. The molecule has 0 unspecified atom stereocenters. The van der Waals surface area contributed by atoms with Crippen molar-refractivity contribution in [1.29, 1.82) is 0 Å². The standard InChI is InChI=1S/C12H18N6/c1-17(9-4-3-5-13-6-9)11-10-7-16-18(2)12(10)15-8-14-11/h7-9,13H,3-6H2,1-2H3/t9-/m1/s1. The van der Waals surface area contributed by atoms with Gasteiger partial charge in [-0.3, -0.25) is 4.68 Å². The minimum absolute atomic E-state index is 0.497. The van der Waals surface area contributed by atoms with Crippen LogP contribution in [0, 0.1) is 0 Å². The zero-order valence-corrected chi connectivity index (χ0v) is 10.8. The van der Waals surface area contributed by atoms with E-state index in [0.717, 1.165) is 29.9 Å². The van der Waals surface area contributed by atoms with E-state index in [-0.39, 0.29) is 0 Å². The summed E-state index contributed by atoms with van der Waals surface area (Å²) in [5.41, 5.74) is 0.885. The van der Waals surface area contributed by atoms with Gasteiger partial charge in [0.2, 0.25) is 0 Å². The van der Waals surface area contributed by atoms with Crippen LogP contribution in [0.5, 0.6) is 0 Å². The molecule has 0 radical (unpaired) electrons. The fraction of sp³-hybridized carbons (Fsp3) is 0.583. The van der Waals surface area contributed by atoms with Crippen LogP contribution in [-0.2, 0) is 7.05 Å². The number of hydrogen-bond acceptors (Lipinski definition) is 5. The average Bonchev–Trinajstić information content (AvgIpc) is 2.81. The molecule has 0 spiro atoms. The number of likely N-dealkylation sites (N-methyl/N-ethyl adjacent to an activating group) is 1. The Morgan fingerprint density at radius 3 is 3.11 bits per heavy atom. The highest BCUT2D eigenvalue weighted by Gasteiger charge is 2.21. The molecule has 1 aliphatic heterocycles. The van der Waals surface area contributed by atoms with Crippen molar-refractivity contribution in [3.8, 4) is 0 Å². The van der Waals surface area contributed by atoms with Gasteiger partial charge < -0.3 is 10.2 Å². The Labute approximate surface area is 106 Å². The first-order valence-electron chi connectivity index (χ1n) is 6.33. The normalized spacial score (nSPS) is 20.2. The molecule has 3 rings (SSSR count). The number of hydrogen-bond donors (Lipinski definition) is 1. The fourth-order valence-electron chi connectivity index (χ4n) is 2.57. The first-order valence-corrected chi connectivity index (χ1v) is 6.33. The Kier molecular flexibility index (Phi) is 2.87. The molecular formula is C12H18N6. The SMILES string of the molecule is CN(c1ncnc2c1cnn2C)[C@@H]1CCCNC1. The van der Waals surface area contributed by atoms with Crippen LogP contribution in [0.25, 0.3) is 11.0 Å². The van der Waals surface area contributed by atoms with E-state index in [1.54, 1.807) is 11.0 Å². The van der Waals surface area contributed by atoms with Gasteiger partial charge in [0.05, 0.1) is 11.6 Å². The lowest BCUT2D eigenvalue weighted by atomic mass is 10.1. The van der Waals surface area contributed by atoms with Crippen LogP contribution in [0.1, 0.15) is 12.8 Å². The molecule has 2 aromatic heterocycles. The van der Waals surface area contributed by atoms with Crippen molar-refractivity contribution in [2.24, 2.45) is 7.05 Å². The molecule has 96 valence electrons. The summed E-state index contributed by atoms with van der Waals surface area (Å²) >= 11 is 0. The second-order valence-electron chi connectivity index (χ2n) is 4.81. The third-order valence-corrected chi connectivity index (χ3v) is 3.66. The van der Waals surface area contributed by atoms with E-state index >= 15 is 0 Å².